The van der Waals surface area contributed by atoms with Gasteiger partial charge in [0.15, 0.2) is 0 Å². The third-order valence-corrected chi connectivity index (χ3v) is 5.43. The zero-order chi connectivity index (χ0) is 21.4. The zero-order valence-corrected chi connectivity index (χ0v) is 15.7. The third-order valence-electron chi connectivity index (χ3n) is 3.74. The average molecular weight is 447 g/mol. The molecule has 0 unspecified atom stereocenters. The van der Waals surface area contributed by atoms with Crippen LogP contribution in [-0.2, 0) is 16.2 Å². The highest BCUT2D eigenvalue weighted by Crippen LogP contribution is 2.34. The van der Waals surface area contributed by atoms with Crippen molar-refractivity contribution in [2.24, 2.45) is 0 Å². The van der Waals surface area contributed by atoms with E-state index in [1.165, 1.54) is 23.1 Å². The van der Waals surface area contributed by atoms with E-state index < -0.39 is 43.0 Å². The lowest BCUT2D eigenvalue weighted by Gasteiger charge is -2.15. The second kappa shape index (κ2) is 7.37. The van der Waals surface area contributed by atoms with Gasteiger partial charge >= 0.3 is 6.18 Å². The summed E-state index contributed by atoms with van der Waals surface area (Å²) in [7, 11) is -4.48. The van der Waals surface area contributed by atoms with E-state index in [2.05, 4.69) is 5.10 Å². The summed E-state index contributed by atoms with van der Waals surface area (Å²) in [5.41, 5.74) is -2.14. The summed E-state index contributed by atoms with van der Waals surface area (Å²) in [5.74, 6) is 0. The Morgan fingerprint density at radius 2 is 1.90 bits per heavy atom. The van der Waals surface area contributed by atoms with E-state index in [1.54, 1.807) is 0 Å². The molecule has 1 N–H and O–H groups in total. The second-order valence-corrected chi connectivity index (χ2v) is 7.75. The predicted molar refractivity (Wildman–Crippen MR) is 97.5 cm³/mol. The van der Waals surface area contributed by atoms with E-state index in [0.717, 1.165) is 24.3 Å². The van der Waals surface area contributed by atoms with Gasteiger partial charge in [-0.2, -0.15) is 18.3 Å². The summed E-state index contributed by atoms with van der Waals surface area (Å²) in [6.07, 6.45) is -1.95. The second-order valence-electron chi connectivity index (χ2n) is 5.66. The van der Waals surface area contributed by atoms with Crippen LogP contribution in [0.3, 0.4) is 0 Å². The minimum Gasteiger partial charge on any atom is -0.277 e. The van der Waals surface area contributed by atoms with Crippen LogP contribution in [0.15, 0.2) is 59.8 Å². The van der Waals surface area contributed by atoms with Crippen LogP contribution in [0.5, 0.6) is 0 Å². The molecular formula is C16H10ClF3N4O4S. The number of nitrogens with one attached hydrogen (secondary N) is 1. The van der Waals surface area contributed by atoms with Crippen molar-refractivity contribution >= 4 is 33.0 Å². The van der Waals surface area contributed by atoms with Gasteiger partial charge in [0.25, 0.3) is 15.7 Å². The van der Waals surface area contributed by atoms with E-state index in [9.17, 15) is 31.7 Å². The molecule has 29 heavy (non-hydrogen) atoms. The number of hydrogen-bond acceptors (Lipinski definition) is 5. The fourth-order valence-electron chi connectivity index (χ4n) is 2.41. The van der Waals surface area contributed by atoms with Crippen molar-refractivity contribution in [1.82, 2.24) is 9.78 Å². The first-order chi connectivity index (χ1) is 13.5. The first-order valence-electron chi connectivity index (χ1n) is 7.67. The van der Waals surface area contributed by atoms with Gasteiger partial charge < -0.3 is 0 Å². The maximum Gasteiger partial charge on any atom is 0.416 e. The molecule has 0 atom stereocenters. The minimum atomic E-state index is -4.72. The van der Waals surface area contributed by atoms with Gasteiger partial charge in [-0.1, -0.05) is 11.6 Å². The molecule has 2 aromatic carbocycles. The molecule has 0 bridgehead atoms. The molecule has 0 spiro atoms. The summed E-state index contributed by atoms with van der Waals surface area (Å²) in [5, 5.41) is 14.6. The molecule has 0 aliphatic carbocycles. The molecule has 13 heteroatoms. The van der Waals surface area contributed by atoms with Crippen molar-refractivity contribution in [3.8, 4) is 5.69 Å². The van der Waals surface area contributed by atoms with Crippen molar-refractivity contribution in [2.75, 3.05) is 4.72 Å². The number of hydrogen-bond donors (Lipinski definition) is 1. The number of sulfonamides is 1. The van der Waals surface area contributed by atoms with Crippen LogP contribution in [0, 0.1) is 10.1 Å². The van der Waals surface area contributed by atoms with Gasteiger partial charge in [0, 0.05) is 18.5 Å². The van der Waals surface area contributed by atoms with Crippen molar-refractivity contribution in [3.05, 3.63) is 75.6 Å². The molecular weight excluding hydrogens is 437 g/mol. The number of alkyl halides is 3. The Labute approximate surface area is 166 Å². The SMILES string of the molecule is O=[N+]([O-])c1cc(S(=O)(=O)Nc2cc(C(F)(F)F)ccc2-n2cccn2)ccc1Cl. The summed E-state index contributed by atoms with van der Waals surface area (Å²) >= 11 is 5.67. The van der Waals surface area contributed by atoms with Crippen LogP contribution in [0.4, 0.5) is 24.5 Å². The Balaban J connectivity index is 2.10. The number of benzene rings is 2. The molecule has 3 rings (SSSR count). The Bertz CT molecular complexity index is 1180. The number of aromatic nitrogens is 2. The smallest absolute Gasteiger partial charge is 0.277 e. The predicted octanol–water partition coefficient (Wildman–Crippen LogP) is 4.25. The maximum atomic E-state index is 13.1. The van der Waals surface area contributed by atoms with Gasteiger partial charge in [0.05, 0.1) is 26.8 Å². The number of nitro benzene ring substituents is 1. The summed E-state index contributed by atoms with van der Waals surface area (Å²) in [6, 6.07) is 6.66. The third kappa shape index (κ3) is 4.32. The fraction of sp³-hybridized carbons (Fsp3) is 0.0625. The molecule has 3 aromatic rings. The highest BCUT2D eigenvalue weighted by atomic mass is 35.5. The summed E-state index contributed by atoms with van der Waals surface area (Å²) < 4.78 is 67.9. The fourth-order valence-corrected chi connectivity index (χ4v) is 3.68. The van der Waals surface area contributed by atoms with Crippen LogP contribution in [0.1, 0.15) is 5.56 Å². The average Bonchev–Trinajstić information content (AvgIpc) is 3.15. The molecule has 1 heterocycles. The van der Waals surface area contributed by atoms with Crippen LogP contribution in [0.2, 0.25) is 5.02 Å². The number of anilines is 1. The lowest BCUT2D eigenvalue weighted by molar-refractivity contribution is -0.384. The molecule has 0 saturated carbocycles. The first kappa shape index (κ1) is 20.6. The molecule has 152 valence electrons. The Morgan fingerprint density at radius 1 is 1.17 bits per heavy atom. The molecule has 0 amide bonds. The summed E-state index contributed by atoms with van der Waals surface area (Å²) in [6.45, 7) is 0. The van der Waals surface area contributed by atoms with Crippen LogP contribution in [0.25, 0.3) is 5.69 Å². The molecule has 0 radical (unpaired) electrons. The number of halogens is 4. The van der Waals surface area contributed by atoms with Crippen molar-refractivity contribution in [2.45, 2.75) is 11.1 Å². The number of rotatable bonds is 5. The van der Waals surface area contributed by atoms with E-state index in [1.807, 2.05) is 4.72 Å². The van der Waals surface area contributed by atoms with Crippen molar-refractivity contribution in [3.63, 3.8) is 0 Å². The topological polar surface area (TPSA) is 107 Å². The lowest BCUT2D eigenvalue weighted by Crippen LogP contribution is -2.16. The van der Waals surface area contributed by atoms with E-state index in [4.69, 9.17) is 11.6 Å². The Hall–Kier alpha value is -3.12. The molecule has 1 aromatic heterocycles. The largest absolute Gasteiger partial charge is 0.416 e. The minimum absolute atomic E-state index is 0.0232. The molecule has 0 saturated heterocycles. The monoisotopic (exact) mass is 446 g/mol. The van der Waals surface area contributed by atoms with Gasteiger partial charge in [-0.3, -0.25) is 14.8 Å². The van der Waals surface area contributed by atoms with Gasteiger partial charge in [0.1, 0.15) is 5.02 Å². The van der Waals surface area contributed by atoms with Crippen molar-refractivity contribution in [1.29, 1.82) is 0 Å². The zero-order valence-electron chi connectivity index (χ0n) is 14.1. The van der Waals surface area contributed by atoms with E-state index in [0.29, 0.717) is 12.1 Å². The van der Waals surface area contributed by atoms with Crippen LogP contribution in [-0.4, -0.2) is 23.1 Å². The van der Waals surface area contributed by atoms with Gasteiger partial charge in [-0.25, -0.2) is 13.1 Å². The van der Waals surface area contributed by atoms with Gasteiger partial charge in [-0.05, 0) is 36.4 Å². The molecule has 0 fully saturated rings. The van der Waals surface area contributed by atoms with E-state index in [-0.39, 0.29) is 10.7 Å². The van der Waals surface area contributed by atoms with Crippen molar-refractivity contribution < 1.29 is 26.5 Å². The Morgan fingerprint density at radius 3 is 2.48 bits per heavy atom. The van der Waals surface area contributed by atoms with E-state index >= 15 is 0 Å². The summed E-state index contributed by atoms with van der Waals surface area (Å²) in [4.78, 5) is 9.57. The molecule has 8 nitrogen and oxygen atoms in total. The van der Waals surface area contributed by atoms with Gasteiger partial charge in [-0.15, -0.1) is 0 Å². The first-order valence-corrected chi connectivity index (χ1v) is 9.53. The van der Waals surface area contributed by atoms with Crippen LogP contribution >= 0.6 is 11.6 Å². The normalized spacial score (nSPS) is 12.0. The highest BCUT2D eigenvalue weighted by Gasteiger charge is 2.32. The number of nitro groups is 1. The standard InChI is InChI=1S/C16H10ClF3N4O4S/c17-12-4-3-11(9-15(12)24(25)26)29(27,28)22-13-8-10(16(18,19)20)2-5-14(13)23-7-1-6-21-23/h1-9,22H. The quantitative estimate of drug-likeness (QED) is 0.465. The maximum absolute atomic E-state index is 13.1. The van der Waals surface area contributed by atoms with Gasteiger partial charge in [0.2, 0.25) is 0 Å². The lowest BCUT2D eigenvalue weighted by atomic mass is 10.1. The molecule has 0 aliphatic heterocycles. The number of nitrogens with zero attached hydrogens (tertiary/aromatic N) is 3. The molecule has 0 aliphatic rings. The highest BCUT2D eigenvalue weighted by molar-refractivity contribution is 7.92. The van der Waals surface area contributed by atoms with Crippen LogP contribution < -0.4 is 4.72 Å². The Kier molecular flexibility index (Phi) is 5.24.